The Morgan fingerprint density at radius 2 is 0.800 bits per heavy atom. The van der Waals surface area contributed by atoms with E-state index in [4.69, 9.17) is 9.47 Å². The molecule has 5 aliphatic rings. The van der Waals surface area contributed by atoms with Crippen molar-refractivity contribution in [3.8, 4) is 0 Å². The molecule has 0 heterocycles. The Morgan fingerprint density at radius 1 is 0.467 bits per heavy atom. The van der Waals surface area contributed by atoms with Crippen molar-refractivity contribution in [2.75, 3.05) is 13.2 Å². The molecule has 0 aromatic rings. The van der Waals surface area contributed by atoms with Crippen LogP contribution in [-0.4, -0.2) is 31.2 Å². The number of unbranched alkanes of at least 4 members (excludes halogenated alkanes) is 10. The lowest BCUT2D eigenvalue weighted by atomic mass is 9.42. The van der Waals surface area contributed by atoms with Gasteiger partial charge in [0.25, 0.3) is 0 Å². The van der Waals surface area contributed by atoms with Crippen molar-refractivity contribution in [1.82, 2.24) is 0 Å². The van der Waals surface area contributed by atoms with Crippen LogP contribution in [0.2, 0.25) is 0 Å². The first kappa shape index (κ1) is 35.9. The molecule has 0 atom stereocenters. The minimum Gasteiger partial charge on any atom is -0.378 e. The smallest absolute Gasteiger partial charge is 0.145 e. The Balaban J connectivity index is 0.921. The van der Waals surface area contributed by atoms with Gasteiger partial charge < -0.3 is 9.47 Å². The number of hydrogen-bond donors (Lipinski definition) is 0. The van der Waals surface area contributed by atoms with E-state index in [9.17, 15) is 4.79 Å². The molecule has 0 aliphatic heterocycles. The van der Waals surface area contributed by atoms with Gasteiger partial charge in [0.1, 0.15) is 5.78 Å². The van der Waals surface area contributed by atoms with Gasteiger partial charge in [0.05, 0.1) is 12.2 Å². The summed E-state index contributed by atoms with van der Waals surface area (Å²) in [7, 11) is 0. The average Bonchev–Trinajstić information content (AvgIpc) is 3.08. The second kappa shape index (κ2) is 18.4. The van der Waals surface area contributed by atoms with Crippen LogP contribution in [0.3, 0.4) is 0 Å². The van der Waals surface area contributed by atoms with E-state index in [0.29, 0.717) is 12.2 Å². The summed E-state index contributed by atoms with van der Waals surface area (Å²) in [6.45, 7) is 6.54. The van der Waals surface area contributed by atoms with Crippen LogP contribution in [0, 0.1) is 34.5 Å². The normalized spacial score (nSPS) is 37.2. The maximum absolute atomic E-state index is 13.9. The number of carbonyl (C=O) groups is 1. The number of rotatable bonds is 18. The van der Waals surface area contributed by atoms with E-state index in [2.05, 4.69) is 13.8 Å². The Labute approximate surface area is 279 Å². The fraction of sp³-hybridized carbons (Fsp3) is 0.976. The van der Waals surface area contributed by atoms with E-state index >= 15 is 0 Å². The lowest BCUT2D eigenvalue weighted by Crippen LogP contribution is -2.60. The third-order valence-corrected chi connectivity index (χ3v) is 14.1. The molecule has 0 radical (unpaired) electrons. The second-order valence-electron chi connectivity index (χ2n) is 17.1. The molecule has 5 fully saturated rings. The molecule has 0 aromatic heterocycles. The molecule has 0 bridgehead atoms. The molecule has 45 heavy (non-hydrogen) atoms. The molecular weight excluding hydrogens is 552 g/mol. The minimum absolute atomic E-state index is 0.0895. The van der Waals surface area contributed by atoms with Gasteiger partial charge in [-0.2, -0.15) is 0 Å². The first-order chi connectivity index (χ1) is 22.1. The van der Waals surface area contributed by atoms with Crippen LogP contribution in [0.15, 0.2) is 0 Å². The second-order valence-corrected chi connectivity index (χ2v) is 17.1. The highest BCUT2D eigenvalue weighted by atomic mass is 16.5. The first-order valence-corrected chi connectivity index (χ1v) is 20.9. The number of hydrogen-bond acceptors (Lipinski definition) is 3. The molecule has 3 heteroatoms. The SMILES string of the molecule is CCCCCCCCOC1CCC(C2CCC3(CC2)CC2(CCC(C4CCC(OCCCCCCCC)CC4)CC2)C3=O)CC1. The highest BCUT2D eigenvalue weighted by Gasteiger charge is 2.63. The highest BCUT2D eigenvalue weighted by Crippen LogP contribution is 2.65. The van der Waals surface area contributed by atoms with E-state index in [1.54, 1.807) is 0 Å². The molecule has 260 valence electrons. The molecule has 0 aromatic carbocycles. The highest BCUT2D eigenvalue weighted by molar-refractivity contribution is 5.96. The standard InChI is InChI=1S/C42H74O3/c1-3-5-7-9-11-13-31-44-38-19-15-34(16-20-38)36-23-27-41(28-24-36)33-42(40(41)43)29-25-37(26-30-42)35-17-21-39(22-18-35)45-32-14-12-10-8-6-4-2/h34-39H,3-33H2,1-2H3. The summed E-state index contributed by atoms with van der Waals surface area (Å²) >= 11 is 0. The summed E-state index contributed by atoms with van der Waals surface area (Å²) in [5.74, 6) is 4.27. The molecule has 0 saturated heterocycles. The molecule has 2 spiro atoms. The van der Waals surface area contributed by atoms with Crippen LogP contribution in [0.1, 0.15) is 200 Å². The molecule has 3 nitrogen and oxygen atoms in total. The summed E-state index contributed by atoms with van der Waals surface area (Å²) in [6.07, 6.45) is 39.2. The molecule has 5 rings (SSSR count). The van der Waals surface area contributed by atoms with E-state index in [-0.39, 0.29) is 10.8 Å². The zero-order valence-electron chi connectivity index (χ0n) is 30.1. The maximum Gasteiger partial charge on any atom is 0.145 e. The Hall–Kier alpha value is -0.410. The van der Waals surface area contributed by atoms with Gasteiger partial charge in [-0.15, -0.1) is 0 Å². The van der Waals surface area contributed by atoms with E-state index in [1.807, 2.05) is 0 Å². The molecule has 0 N–H and O–H groups in total. The van der Waals surface area contributed by atoms with Gasteiger partial charge in [-0.25, -0.2) is 0 Å². The fourth-order valence-electron chi connectivity index (χ4n) is 11.1. The van der Waals surface area contributed by atoms with Gasteiger partial charge in [0.2, 0.25) is 0 Å². The van der Waals surface area contributed by atoms with Crippen molar-refractivity contribution >= 4 is 5.78 Å². The van der Waals surface area contributed by atoms with Crippen molar-refractivity contribution < 1.29 is 14.3 Å². The fourth-order valence-corrected chi connectivity index (χ4v) is 11.1. The average molecular weight is 627 g/mol. The number of carbonyl (C=O) groups excluding carboxylic acids is 1. The minimum atomic E-state index is 0.0895. The number of ether oxygens (including phenoxy) is 2. The lowest BCUT2D eigenvalue weighted by Gasteiger charge is -2.60. The van der Waals surface area contributed by atoms with Crippen molar-refractivity contribution in [2.24, 2.45) is 34.5 Å². The Morgan fingerprint density at radius 3 is 1.16 bits per heavy atom. The van der Waals surface area contributed by atoms with Crippen molar-refractivity contribution in [1.29, 1.82) is 0 Å². The van der Waals surface area contributed by atoms with Crippen LogP contribution in [0.5, 0.6) is 0 Å². The van der Waals surface area contributed by atoms with Gasteiger partial charge in [-0.1, -0.05) is 78.1 Å². The van der Waals surface area contributed by atoms with E-state index < -0.39 is 0 Å². The van der Waals surface area contributed by atoms with Gasteiger partial charge in [-0.3, -0.25) is 4.79 Å². The number of Topliss-reactive ketones (excluding diaryl/α,β-unsaturated/α-hetero) is 1. The molecule has 5 aliphatic carbocycles. The summed E-state index contributed by atoms with van der Waals surface area (Å²) in [5.41, 5.74) is 0.179. The van der Waals surface area contributed by atoms with Gasteiger partial charge in [0, 0.05) is 24.0 Å². The van der Waals surface area contributed by atoms with E-state index in [0.717, 1.165) is 42.7 Å². The topological polar surface area (TPSA) is 35.5 Å². The van der Waals surface area contributed by atoms with Gasteiger partial charge in [-0.05, 0) is 146 Å². The molecule has 5 saturated carbocycles. The summed E-state index contributed by atoms with van der Waals surface area (Å²) < 4.78 is 12.6. The van der Waals surface area contributed by atoms with Crippen molar-refractivity contribution in [2.45, 2.75) is 212 Å². The third kappa shape index (κ3) is 9.83. The van der Waals surface area contributed by atoms with Crippen LogP contribution in [0.25, 0.3) is 0 Å². The molecule has 0 unspecified atom stereocenters. The Kier molecular flexibility index (Phi) is 14.7. The monoisotopic (exact) mass is 627 g/mol. The van der Waals surface area contributed by atoms with Crippen LogP contribution >= 0.6 is 0 Å². The predicted octanol–water partition coefficient (Wildman–Crippen LogP) is 12.2. The molecule has 0 amide bonds. The van der Waals surface area contributed by atoms with Crippen molar-refractivity contribution in [3.63, 3.8) is 0 Å². The zero-order valence-corrected chi connectivity index (χ0v) is 30.1. The number of ketones is 1. The first-order valence-electron chi connectivity index (χ1n) is 20.9. The summed E-state index contributed by atoms with van der Waals surface area (Å²) in [6, 6.07) is 0. The largest absolute Gasteiger partial charge is 0.378 e. The Bertz CT molecular complexity index is 753. The zero-order chi connectivity index (χ0) is 31.4. The summed E-state index contributed by atoms with van der Waals surface area (Å²) in [5, 5.41) is 0. The third-order valence-electron chi connectivity index (χ3n) is 14.1. The van der Waals surface area contributed by atoms with Crippen molar-refractivity contribution in [3.05, 3.63) is 0 Å². The van der Waals surface area contributed by atoms with Crippen LogP contribution < -0.4 is 0 Å². The maximum atomic E-state index is 13.9. The van der Waals surface area contributed by atoms with E-state index in [1.165, 1.54) is 186 Å². The lowest BCUT2D eigenvalue weighted by molar-refractivity contribution is -0.170. The van der Waals surface area contributed by atoms with Gasteiger partial charge in [0.15, 0.2) is 0 Å². The molecular formula is C42H74O3. The predicted molar refractivity (Wildman–Crippen MR) is 189 cm³/mol. The van der Waals surface area contributed by atoms with Gasteiger partial charge >= 0.3 is 0 Å². The summed E-state index contributed by atoms with van der Waals surface area (Å²) in [4.78, 5) is 13.9. The van der Waals surface area contributed by atoms with Crippen LogP contribution in [-0.2, 0) is 14.3 Å². The quantitative estimate of drug-likeness (QED) is 0.142. The van der Waals surface area contributed by atoms with Crippen LogP contribution in [0.4, 0.5) is 0 Å².